The third-order valence-corrected chi connectivity index (χ3v) is 4.80. The van der Waals surface area contributed by atoms with Gasteiger partial charge in [-0.3, -0.25) is 9.82 Å². The summed E-state index contributed by atoms with van der Waals surface area (Å²) in [4.78, 5) is -0.216. The third-order valence-electron chi connectivity index (χ3n) is 2.28. The normalized spacial score (nSPS) is 12.3. The number of nitrogens with one attached hydrogen (secondary N) is 2. The van der Waals surface area contributed by atoms with Crippen molar-refractivity contribution in [1.82, 2.24) is 10.2 Å². The van der Waals surface area contributed by atoms with Crippen LogP contribution in [0.25, 0.3) is 0 Å². The minimum atomic E-state index is -3.91. The zero-order valence-electron chi connectivity index (χ0n) is 9.74. The summed E-state index contributed by atoms with van der Waals surface area (Å²) in [5, 5.41) is 10.5. The molecule has 20 heavy (non-hydrogen) atoms. The number of nitrogens with zero attached hydrogens (tertiary/aromatic N) is 1. The topological polar surface area (TPSA) is 135 Å². The number of rotatable bonds is 4. The number of halogens is 1. The predicted octanol–water partition coefficient (Wildman–Crippen LogP) is 0.511. The first-order chi connectivity index (χ1) is 9.20. The first-order valence-corrected chi connectivity index (χ1v) is 8.45. The molecule has 0 unspecified atom stereocenters. The van der Waals surface area contributed by atoms with Crippen LogP contribution in [-0.2, 0) is 20.0 Å². The molecule has 0 amide bonds. The van der Waals surface area contributed by atoms with Crippen molar-refractivity contribution in [2.45, 2.75) is 9.92 Å². The van der Waals surface area contributed by atoms with Crippen molar-refractivity contribution in [2.75, 3.05) is 4.72 Å². The highest BCUT2D eigenvalue weighted by Gasteiger charge is 2.18. The number of sulfonamides is 2. The van der Waals surface area contributed by atoms with E-state index in [1.165, 1.54) is 18.3 Å². The Hall–Kier alpha value is -1.62. The highest BCUT2D eigenvalue weighted by atomic mass is 35.5. The quantitative estimate of drug-likeness (QED) is 0.747. The molecule has 11 heteroatoms. The van der Waals surface area contributed by atoms with Gasteiger partial charge >= 0.3 is 0 Å². The number of nitrogens with two attached hydrogens (primary N) is 1. The van der Waals surface area contributed by atoms with Crippen LogP contribution in [0.1, 0.15) is 0 Å². The molecule has 0 radical (unpaired) electrons. The van der Waals surface area contributed by atoms with Crippen molar-refractivity contribution < 1.29 is 16.8 Å². The van der Waals surface area contributed by atoms with Crippen LogP contribution in [0, 0.1) is 0 Å². The van der Waals surface area contributed by atoms with Crippen molar-refractivity contribution in [3.63, 3.8) is 0 Å². The molecule has 4 N–H and O–H groups in total. The summed E-state index contributed by atoms with van der Waals surface area (Å²) in [6.07, 6.45) is 1.28. The van der Waals surface area contributed by atoms with E-state index in [2.05, 4.69) is 14.9 Å². The number of hydrogen-bond acceptors (Lipinski definition) is 5. The van der Waals surface area contributed by atoms with Gasteiger partial charge in [-0.15, -0.1) is 0 Å². The van der Waals surface area contributed by atoms with E-state index in [1.54, 1.807) is 0 Å². The van der Waals surface area contributed by atoms with Crippen LogP contribution >= 0.6 is 11.6 Å². The van der Waals surface area contributed by atoms with Crippen LogP contribution in [0.4, 0.5) is 5.69 Å². The van der Waals surface area contributed by atoms with E-state index in [9.17, 15) is 16.8 Å². The van der Waals surface area contributed by atoms with Crippen molar-refractivity contribution >= 4 is 37.3 Å². The molecule has 1 aromatic heterocycles. The molecule has 0 aliphatic carbocycles. The van der Waals surface area contributed by atoms with Crippen LogP contribution in [0.2, 0.25) is 5.02 Å². The van der Waals surface area contributed by atoms with Gasteiger partial charge in [0.1, 0.15) is 0 Å². The number of hydrogen-bond donors (Lipinski definition) is 3. The molecule has 0 aliphatic heterocycles. The monoisotopic (exact) mass is 336 g/mol. The Kier molecular flexibility index (Phi) is 3.73. The molecule has 2 aromatic rings. The minimum absolute atomic E-state index is 0.0219. The molecule has 0 atom stereocenters. The first kappa shape index (κ1) is 14.8. The molecule has 108 valence electrons. The molecule has 0 bridgehead atoms. The lowest BCUT2D eigenvalue weighted by Gasteiger charge is -2.09. The third kappa shape index (κ3) is 3.10. The standard InChI is InChI=1S/C9H9ClN4O4S2/c10-7-5-6(19(11,15)16)1-2-8(7)14-20(17,18)9-3-4-12-13-9/h1-5,14H,(H,12,13)(H2,11,15,16). The smallest absolute Gasteiger partial charge is 0.277 e. The van der Waals surface area contributed by atoms with Gasteiger partial charge in [-0.1, -0.05) is 11.6 Å². The second-order valence-electron chi connectivity index (χ2n) is 3.71. The largest absolute Gasteiger partial charge is 0.278 e. The van der Waals surface area contributed by atoms with Crippen molar-refractivity contribution in [3.8, 4) is 0 Å². The van der Waals surface area contributed by atoms with Gasteiger partial charge in [0.25, 0.3) is 10.0 Å². The molecular formula is C9H9ClN4O4S2. The number of primary sulfonamides is 1. The summed E-state index contributed by atoms with van der Waals surface area (Å²) in [6, 6.07) is 4.67. The van der Waals surface area contributed by atoms with E-state index < -0.39 is 20.0 Å². The summed E-state index contributed by atoms with van der Waals surface area (Å²) < 4.78 is 48.3. The van der Waals surface area contributed by atoms with Crippen molar-refractivity contribution in [3.05, 3.63) is 35.5 Å². The molecule has 0 fully saturated rings. The van der Waals surface area contributed by atoms with Crippen LogP contribution < -0.4 is 9.86 Å². The van der Waals surface area contributed by atoms with Gasteiger partial charge in [0.2, 0.25) is 10.0 Å². The van der Waals surface area contributed by atoms with Gasteiger partial charge in [0, 0.05) is 0 Å². The van der Waals surface area contributed by atoms with Crippen molar-refractivity contribution in [1.29, 1.82) is 0 Å². The maximum absolute atomic E-state index is 11.9. The van der Waals surface area contributed by atoms with Crippen LogP contribution in [0.5, 0.6) is 0 Å². The Morgan fingerprint density at radius 1 is 1.20 bits per heavy atom. The summed E-state index contributed by atoms with van der Waals surface area (Å²) in [7, 11) is -7.78. The molecule has 1 heterocycles. The second-order valence-corrected chi connectivity index (χ2v) is 7.33. The maximum atomic E-state index is 11.9. The van der Waals surface area contributed by atoms with Crippen molar-refractivity contribution in [2.24, 2.45) is 5.14 Å². The van der Waals surface area contributed by atoms with E-state index in [0.29, 0.717) is 0 Å². The summed E-state index contributed by atoms with van der Waals surface area (Å²) in [5.41, 5.74) is 0.0219. The van der Waals surface area contributed by atoms with Gasteiger partial charge in [0.05, 0.1) is 21.8 Å². The van der Waals surface area contributed by atoms with Crippen LogP contribution in [0.3, 0.4) is 0 Å². The van der Waals surface area contributed by atoms with Crippen LogP contribution in [-0.4, -0.2) is 27.0 Å². The Balaban J connectivity index is 2.37. The predicted molar refractivity (Wildman–Crippen MR) is 72.2 cm³/mol. The highest BCUT2D eigenvalue weighted by Crippen LogP contribution is 2.26. The molecule has 0 spiro atoms. The van der Waals surface area contributed by atoms with E-state index in [-0.39, 0.29) is 20.6 Å². The molecule has 8 nitrogen and oxygen atoms in total. The second kappa shape index (κ2) is 5.05. The number of aromatic amines is 1. The summed E-state index contributed by atoms with van der Waals surface area (Å²) in [5.74, 6) is 0. The number of anilines is 1. The van der Waals surface area contributed by atoms with Gasteiger partial charge in [-0.25, -0.2) is 13.6 Å². The number of H-pyrrole nitrogens is 1. The summed E-state index contributed by atoms with van der Waals surface area (Å²) in [6.45, 7) is 0. The van der Waals surface area contributed by atoms with E-state index in [1.807, 2.05) is 0 Å². The SMILES string of the molecule is NS(=O)(=O)c1ccc(NS(=O)(=O)c2ccn[nH]2)c(Cl)c1. The van der Waals surface area contributed by atoms with Gasteiger partial charge in [-0.05, 0) is 24.3 Å². The molecule has 2 rings (SSSR count). The van der Waals surface area contributed by atoms with Gasteiger partial charge < -0.3 is 0 Å². The lowest BCUT2D eigenvalue weighted by molar-refractivity contribution is 0.596. The molecular weight excluding hydrogens is 328 g/mol. The van der Waals surface area contributed by atoms with E-state index in [4.69, 9.17) is 16.7 Å². The average molecular weight is 337 g/mol. The fraction of sp³-hybridized carbons (Fsp3) is 0. The van der Waals surface area contributed by atoms with Gasteiger partial charge in [0.15, 0.2) is 5.03 Å². The lowest BCUT2D eigenvalue weighted by atomic mass is 10.3. The number of aromatic nitrogens is 2. The Bertz CT molecular complexity index is 831. The lowest BCUT2D eigenvalue weighted by Crippen LogP contribution is -2.15. The Labute approximate surface area is 120 Å². The van der Waals surface area contributed by atoms with Gasteiger partial charge in [-0.2, -0.15) is 13.5 Å². The molecule has 1 aromatic carbocycles. The molecule has 0 saturated heterocycles. The summed E-state index contributed by atoms with van der Waals surface area (Å²) >= 11 is 5.83. The molecule has 0 aliphatic rings. The zero-order valence-corrected chi connectivity index (χ0v) is 12.1. The zero-order chi connectivity index (χ0) is 15.0. The first-order valence-electron chi connectivity index (χ1n) is 5.05. The van der Waals surface area contributed by atoms with E-state index in [0.717, 1.165) is 12.1 Å². The maximum Gasteiger partial charge on any atom is 0.278 e. The molecule has 0 saturated carbocycles. The van der Waals surface area contributed by atoms with Crippen LogP contribution in [0.15, 0.2) is 40.4 Å². The Morgan fingerprint density at radius 2 is 1.90 bits per heavy atom. The number of benzene rings is 1. The average Bonchev–Trinajstić information content (AvgIpc) is 2.84. The fourth-order valence-corrected chi connectivity index (χ4v) is 3.23. The fourth-order valence-electron chi connectivity index (χ4n) is 1.35. The van der Waals surface area contributed by atoms with E-state index >= 15 is 0 Å². The minimum Gasteiger partial charge on any atom is -0.277 e. The highest BCUT2D eigenvalue weighted by molar-refractivity contribution is 7.92. The Morgan fingerprint density at radius 3 is 2.40 bits per heavy atom.